The Hall–Kier alpha value is -1.88. The van der Waals surface area contributed by atoms with Gasteiger partial charge in [-0.3, -0.25) is 0 Å². The van der Waals surface area contributed by atoms with Gasteiger partial charge >= 0.3 is 0 Å². The number of nitrogens with two attached hydrogens (primary N) is 1. The minimum absolute atomic E-state index is 0.140. The summed E-state index contributed by atoms with van der Waals surface area (Å²) in [4.78, 5) is 4.30. The predicted octanol–water partition coefficient (Wildman–Crippen LogP) is 2.27. The Bertz CT molecular complexity index is 508. The fourth-order valence-electron chi connectivity index (χ4n) is 1.75. The van der Waals surface area contributed by atoms with Gasteiger partial charge in [-0.2, -0.15) is 4.98 Å². The number of ether oxygens (including phenoxy) is 1. The van der Waals surface area contributed by atoms with Crippen LogP contribution in [-0.4, -0.2) is 17.3 Å². The number of nitrogens with zero attached hydrogens (tertiary/aromatic N) is 2. The molecule has 19 heavy (non-hydrogen) atoms. The number of aromatic nitrogens is 2. The van der Waals surface area contributed by atoms with Gasteiger partial charge in [-0.1, -0.05) is 24.2 Å². The van der Waals surface area contributed by atoms with Crippen molar-refractivity contribution >= 4 is 0 Å². The van der Waals surface area contributed by atoms with E-state index in [0.717, 1.165) is 25.0 Å². The summed E-state index contributed by atoms with van der Waals surface area (Å²) in [5.74, 6) is 2.08. The van der Waals surface area contributed by atoms with E-state index in [9.17, 15) is 0 Å². The van der Waals surface area contributed by atoms with Crippen LogP contribution in [0.3, 0.4) is 0 Å². The highest BCUT2D eigenvalue weighted by atomic mass is 16.5. The summed E-state index contributed by atoms with van der Waals surface area (Å²) in [6.07, 6.45) is 2.38. The van der Waals surface area contributed by atoms with E-state index in [2.05, 4.69) is 10.1 Å². The molecule has 1 atom stereocenters. The fraction of sp³-hybridized carbons (Fsp3) is 0.429. The van der Waals surface area contributed by atoms with Crippen molar-refractivity contribution in [3.05, 3.63) is 41.5 Å². The van der Waals surface area contributed by atoms with Gasteiger partial charge in [0.05, 0.1) is 13.2 Å². The van der Waals surface area contributed by atoms with Crippen LogP contribution < -0.4 is 10.5 Å². The molecule has 0 fully saturated rings. The van der Waals surface area contributed by atoms with Gasteiger partial charge in [0.2, 0.25) is 5.89 Å². The second kappa shape index (κ2) is 6.33. The van der Waals surface area contributed by atoms with Crippen LogP contribution >= 0.6 is 0 Å². The Morgan fingerprint density at radius 3 is 2.63 bits per heavy atom. The minimum Gasteiger partial charge on any atom is -0.497 e. The quantitative estimate of drug-likeness (QED) is 0.863. The Labute approximate surface area is 112 Å². The van der Waals surface area contributed by atoms with Crippen LogP contribution in [0, 0.1) is 0 Å². The summed E-state index contributed by atoms with van der Waals surface area (Å²) in [5, 5.41) is 3.90. The van der Waals surface area contributed by atoms with Crippen LogP contribution in [0.25, 0.3) is 0 Å². The molecular weight excluding hydrogens is 242 g/mol. The zero-order chi connectivity index (χ0) is 13.7. The molecule has 0 spiro atoms. The Balaban J connectivity index is 1.92. The first-order valence-corrected chi connectivity index (χ1v) is 6.44. The van der Waals surface area contributed by atoms with Crippen molar-refractivity contribution in [2.45, 2.75) is 32.2 Å². The van der Waals surface area contributed by atoms with Gasteiger partial charge in [0.1, 0.15) is 5.75 Å². The van der Waals surface area contributed by atoms with Crippen molar-refractivity contribution in [3.8, 4) is 5.75 Å². The summed E-state index contributed by atoms with van der Waals surface area (Å²) in [5.41, 5.74) is 7.06. The van der Waals surface area contributed by atoms with E-state index in [4.69, 9.17) is 15.0 Å². The first-order valence-electron chi connectivity index (χ1n) is 6.44. The van der Waals surface area contributed by atoms with E-state index in [1.807, 2.05) is 31.2 Å². The number of rotatable bonds is 6. The van der Waals surface area contributed by atoms with E-state index < -0.39 is 0 Å². The van der Waals surface area contributed by atoms with Crippen LogP contribution in [0.2, 0.25) is 0 Å². The Kier molecular flexibility index (Phi) is 4.52. The first-order chi connectivity index (χ1) is 9.22. The highest BCUT2D eigenvalue weighted by Crippen LogP contribution is 2.14. The first kappa shape index (κ1) is 13.5. The second-order valence-corrected chi connectivity index (χ2v) is 4.41. The molecule has 0 saturated heterocycles. The summed E-state index contributed by atoms with van der Waals surface area (Å²) in [6, 6.07) is 7.82. The van der Waals surface area contributed by atoms with E-state index in [-0.39, 0.29) is 6.04 Å². The lowest BCUT2D eigenvalue weighted by Gasteiger charge is -2.01. The predicted molar refractivity (Wildman–Crippen MR) is 71.9 cm³/mol. The van der Waals surface area contributed by atoms with E-state index in [1.54, 1.807) is 7.11 Å². The van der Waals surface area contributed by atoms with Gasteiger partial charge in [0, 0.05) is 6.42 Å². The molecule has 0 saturated carbocycles. The number of benzene rings is 1. The highest BCUT2D eigenvalue weighted by molar-refractivity contribution is 5.27. The van der Waals surface area contributed by atoms with Gasteiger partial charge in [0.25, 0.3) is 0 Å². The number of hydrogen-bond acceptors (Lipinski definition) is 5. The van der Waals surface area contributed by atoms with Crippen molar-refractivity contribution in [2.75, 3.05) is 7.11 Å². The van der Waals surface area contributed by atoms with E-state index in [0.29, 0.717) is 11.7 Å². The number of hydrogen-bond donors (Lipinski definition) is 1. The Morgan fingerprint density at radius 1 is 1.26 bits per heavy atom. The molecule has 1 unspecified atom stereocenters. The van der Waals surface area contributed by atoms with Crippen molar-refractivity contribution in [1.29, 1.82) is 0 Å². The number of aryl methyl sites for hydroxylation is 2. The maximum atomic E-state index is 5.85. The lowest BCUT2D eigenvalue weighted by Crippen LogP contribution is -2.10. The van der Waals surface area contributed by atoms with Crippen LogP contribution in [0.15, 0.2) is 28.8 Å². The lowest BCUT2D eigenvalue weighted by molar-refractivity contribution is 0.369. The normalized spacial score (nSPS) is 12.4. The van der Waals surface area contributed by atoms with Crippen molar-refractivity contribution in [2.24, 2.45) is 5.73 Å². The molecule has 0 radical (unpaired) electrons. The van der Waals surface area contributed by atoms with Crippen LogP contribution in [0.1, 0.15) is 36.7 Å². The van der Waals surface area contributed by atoms with Crippen LogP contribution in [0.4, 0.5) is 0 Å². The van der Waals surface area contributed by atoms with Gasteiger partial charge in [0.15, 0.2) is 5.82 Å². The third-order valence-electron chi connectivity index (χ3n) is 3.04. The van der Waals surface area contributed by atoms with Crippen LogP contribution in [0.5, 0.6) is 5.75 Å². The zero-order valence-corrected chi connectivity index (χ0v) is 11.3. The molecule has 102 valence electrons. The fourth-order valence-corrected chi connectivity index (χ4v) is 1.75. The SMILES string of the molecule is CCC(N)c1noc(CCc2ccc(OC)cc2)n1. The van der Waals surface area contributed by atoms with Gasteiger partial charge in [-0.15, -0.1) is 0 Å². The number of methoxy groups -OCH3 is 1. The maximum Gasteiger partial charge on any atom is 0.227 e. The summed E-state index contributed by atoms with van der Waals surface area (Å²) < 4.78 is 10.3. The maximum absolute atomic E-state index is 5.85. The van der Waals surface area contributed by atoms with Crippen molar-refractivity contribution < 1.29 is 9.26 Å². The molecule has 0 aliphatic heterocycles. The average Bonchev–Trinajstić information content (AvgIpc) is 2.93. The largest absolute Gasteiger partial charge is 0.497 e. The molecule has 2 rings (SSSR count). The van der Waals surface area contributed by atoms with Gasteiger partial charge in [-0.05, 0) is 30.5 Å². The second-order valence-electron chi connectivity index (χ2n) is 4.41. The third kappa shape index (κ3) is 3.54. The minimum atomic E-state index is -0.140. The molecule has 0 aliphatic carbocycles. The monoisotopic (exact) mass is 261 g/mol. The molecule has 0 bridgehead atoms. The zero-order valence-electron chi connectivity index (χ0n) is 11.3. The van der Waals surface area contributed by atoms with Gasteiger partial charge < -0.3 is 15.0 Å². The van der Waals surface area contributed by atoms with Gasteiger partial charge in [-0.25, -0.2) is 0 Å². The standard InChI is InChI=1S/C14H19N3O2/c1-3-12(15)14-16-13(19-17-14)9-6-10-4-7-11(18-2)8-5-10/h4-5,7-8,12H,3,6,9,15H2,1-2H3. The molecule has 1 heterocycles. The lowest BCUT2D eigenvalue weighted by atomic mass is 10.1. The van der Waals surface area contributed by atoms with Crippen molar-refractivity contribution in [1.82, 2.24) is 10.1 Å². The molecule has 5 nitrogen and oxygen atoms in total. The summed E-state index contributed by atoms with van der Waals surface area (Å²) >= 11 is 0. The molecular formula is C14H19N3O2. The summed E-state index contributed by atoms with van der Waals surface area (Å²) in [6.45, 7) is 2.00. The Morgan fingerprint density at radius 2 is 2.00 bits per heavy atom. The third-order valence-corrected chi connectivity index (χ3v) is 3.04. The molecule has 0 aliphatic rings. The van der Waals surface area contributed by atoms with Crippen LogP contribution in [-0.2, 0) is 12.8 Å². The molecule has 2 N–H and O–H groups in total. The van der Waals surface area contributed by atoms with Crippen molar-refractivity contribution in [3.63, 3.8) is 0 Å². The smallest absolute Gasteiger partial charge is 0.227 e. The van der Waals surface area contributed by atoms with E-state index in [1.165, 1.54) is 5.56 Å². The topological polar surface area (TPSA) is 74.2 Å². The summed E-state index contributed by atoms with van der Waals surface area (Å²) in [7, 11) is 1.66. The average molecular weight is 261 g/mol. The van der Waals surface area contributed by atoms with E-state index >= 15 is 0 Å². The molecule has 1 aromatic heterocycles. The molecule has 0 amide bonds. The highest BCUT2D eigenvalue weighted by Gasteiger charge is 2.12. The molecule has 5 heteroatoms. The molecule has 2 aromatic rings. The molecule has 1 aromatic carbocycles.